The molecule has 2 aromatic carbocycles. The minimum Gasteiger partial charge on any atom is -0.496 e. The van der Waals surface area contributed by atoms with E-state index >= 15 is 0 Å². The van der Waals surface area contributed by atoms with E-state index in [0.29, 0.717) is 0 Å². The molecule has 3 nitrogen and oxygen atoms in total. The Hall–Kier alpha value is -2.29. The summed E-state index contributed by atoms with van der Waals surface area (Å²) < 4.78 is 5.39. The quantitative estimate of drug-likeness (QED) is 0.741. The summed E-state index contributed by atoms with van der Waals surface area (Å²) in [4.78, 5) is 7.92. The standard InChI is InChI=1S/C15H14N2O/c1-10-7-8-14(18-2)11(9-10)15-16-12-5-3-4-6-13(12)17-15/h3-9H,1-2H3,(H,16,17). The van der Waals surface area contributed by atoms with E-state index in [1.165, 1.54) is 5.56 Å². The molecule has 3 aromatic rings. The van der Waals surface area contributed by atoms with Crippen LogP contribution in [0.5, 0.6) is 5.75 Å². The molecule has 0 aliphatic heterocycles. The van der Waals surface area contributed by atoms with Crippen LogP contribution in [0, 0.1) is 6.92 Å². The third-order valence-corrected chi connectivity index (χ3v) is 3.00. The molecule has 1 aromatic heterocycles. The van der Waals surface area contributed by atoms with Crippen LogP contribution in [0.4, 0.5) is 0 Å². The molecule has 0 radical (unpaired) electrons. The van der Waals surface area contributed by atoms with Crippen molar-refractivity contribution in [3.05, 3.63) is 48.0 Å². The van der Waals surface area contributed by atoms with Gasteiger partial charge in [-0.05, 0) is 31.2 Å². The molecule has 1 N–H and O–H groups in total. The molecule has 0 unspecified atom stereocenters. The number of para-hydroxylation sites is 2. The van der Waals surface area contributed by atoms with E-state index < -0.39 is 0 Å². The Kier molecular flexibility index (Phi) is 2.52. The van der Waals surface area contributed by atoms with E-state index in [9.17, 15) is 0 Å². The zero-order valence-corrected chi connectivity index (χ0v) is 10.4. The molecule has 0 fully saturated rings. The first-order valence-corrected chi connectivity index (χ1v) is 5.87. The summed E-state index contributed by atoms with van der Waals surface area (Å²) in [5.41, 5.74) is 4.19. The van der Waals surface area contributed by atoms with Crippen LogP contribution in [0.2, 0.25) is 0 Å². The number of hydrogen-bond donors (Lipinski definition) is 1. The Labute approximate surface area is 105 Å². The Balaban J connectivity index is 2.22. The number of fused-ring (bicyclic) bond motifs is 1. The van der Waals surface area contributed by atoms with Crippen LogP contribution in [0.15, 0.2) is 42.5 Å². The van der Waals surface area contributed by atoms with E-state index in [4.69, 9.17) is 4.74 Å². The molecule has 0 aliphatic carbocycles. The van der Waals surface area contributed by atoms with Crippen molar-refractivity contribution in [3.63, 3.8) is 0 Å². The predicted octanol–water partition coefficient (Wildman–Crippen LogP) is 3.55. The van der Waals surface area contributed by atoms with E-state index in [1.54, 1.807) is 7.11 Å². The molecule has 90 valence electrons. The highest BCUT2D eigenvalue weighted by atomic mass is 16.5. The minimum absolute atomic E-state index is 0.833. The highest BCUT2D eigenvalue weighted by Crippen LogP contribution is 2.30. The van der Waals surface area contributed by atoms with Crippen molar-refractivity contribution in [2.75, 3.05) is 7.11 Å². The largest absolute Gasteiger partial charge is 0.496 e. The SMILES string of the molecule is COc1ccc(C)cc1-c1nc2ccccc2[nH]1. The maximum Gasteiger partial charge on any atom is 0.142 e. The highest BCUT2D eigenvalue weighted by molar-refractivity contribution is 5.80. The molecule has 0 bridgehead atoms. The van der Waals surface area contributed by atoms with Crippen molar-refractivity contribution < 1.29 is 4.74 Å². The fourth-order valence-electron chi connectivity index (χ4n) is 2.09. The number of methoxy groups -OCH3 is 1. The Bertz CT molecular complexity index is 668. The van der Waals surface area contributed by atoms with Gasteiger partial charge in [0, 0.05) is 0 Å². The molecule has 0 amide bonds. The van der Waals surface area contributed by atoms with E-state index in [-0.39, 0.29) is 0 Å². The lowest BCUT2D eigenvalue weighted by Crippen LogP contribution is -1.90. The Morgan fingerprint density at radius 1 is 1.11 bits per heavy atom. The third kappa shape index (κ3) is 1.74. The molecule has 0 spiro atoms. The van der Waals surface area contributed by atoms with Gasteiger partial charge in [-0.25, -0.2) is 4.98 Å². The van der Waals surface area contributed by atoms with Crippen molar-refractivity contribution in [1.29, 1.82) is 0 Å². The van der Waals surface area contributed by atoms with Crippen LogP contribution >= 0.6 is 0 Å². The maximum absolute atomic E-state index is 5.39. The van der Waals surface area contributed by atoms with Crippen molar-refractivity contribution in [2.45, 2.75) is 6.92 Å². The van der Waals surface area contributed by atoms with Crippen LogP contribution in [0.3, 0.4) is 0 Å². The lowest BCUT2D eigenvalue weighted by Gasteiger charge is -2.06. The number of aromatic nitrogens is 2. The summed E-state index contributed by atoms with van der Waals surface area (Å²) in [5.74, 6) is 1.68. The zero-order chi connectivity index (χ0) is 12.5. The smallest absolute Gasteiger partial charge is 0.142 e. The summed E-state index contributed by atoms with van der Waals surface area (Å²) >= 11 is 0. The first-order valence-electron chi connectivity index (χ1n) is 5.87. The zero-order valence-electron chi connectivity index (χ0n) is 10.4. The first kappa shape index (κ1) is 10.8. The number of hydrogen-bond acceptors (Lipinski definition) is 2. The van der Waals surface area contributed by atoms with Gasteiger partial charge in [0.05, 0.1) is 23.7 Å². The van der Waals surface area contributed by atoms with Gasteiger partial charge in [-0.15, -0.1) is 0 Å². The molecule has 0 saturated carbocycles. The molecular weight excluding hydrogens is 224 g/mol. The van der Waals surface area contributed by atoms with E-state index in [0.717, 1.165) is 28.2 Å². The fourth-order valence-corrected chi connectivity index (χ4v) is 2.09. The second-order valence-electron chi connectivity index (χ2n) is 4.31. The lowest BCUT2D eigenvalue weighted by molar-refractivity contribution is 0.416. The van der Waals surface area contributed by atoms with E-state index in [2.05, 4.69) is 23.0 Å². The average Bonchev–Trinajstić information content (AvgIpc) is 2.82. The maximum atomic E-state index is 5.39. The second kappa shape index (κ2) is 4.18. The van der Waals surface area contributed by atoms with E-state index in [1.807, 2.05) is 36.4 Å². The monoisotopic (exact) mass is 238 g/mol. The molecule has 0 saturated heterocycles. The van der Waals surface area contributed by atoms with Crippen LogP contribution in [-0.4, -0.2) is 17.1 Å². The van der Waals surface area contributed by atoms with Crippen LogP contribution < -0.4 is 4.74 Å². The van der Waals surface area contributed by atoms with Crippen molar-refractivity contribution in [1.82, 2.24) is 9.97 Å². The number of rotatable bonds is 2. The van der Waals surface area contributed by atoms with Gasteiger partial charge in [0.25, 0.3) is 0 Å². The van der Waals surface area contributed by atoms with Crippen molar-refractivity contribution in [2.24, 2.45) is 0 Å². The molecule has 0 aliphatic rings. The van der Waals surface area contributed by atoms with Gasteiger partial charge in [0.2, 0.25) is 0 Å². The second-order valence-corrected chi connectivity index (χ2v) is 4.31. The first-order chi connectivity index (χ1) is 8.78. The molecule has 3 rings (SSSR count). The Morgan fingerprint density at radius 3 is 2.72 bits per heavy atom. The van der Waals surface area contributed by atoms with Crippen LogP contribution in [0.25, 0.3) is 22.4 Å². The van der Waals surface area contributed by atoms with Crippen LogP contribution in [0.1, 0.15) is 5.56 Å². The molecular formula is C15H14N2O. The summed E-state index contributed by atoms with van der Waals surface area (Å²) in [5, 5.41) is 0. The number of H-pyrrole nitrogens is 1. The topological polar surface area (TPSA) is 37.9 Å². The number of ether oxygens (including phenoxy) is 1. The normalized spacial score (nSPS) is 10.8. The minimum atomic E-state index is 0.833. The number of imidazole rings is 1. The Morgan fingerprint density at radius 2 is 1.94 bits per heavy atom. The van der Waals surface area contributed by atoms with Gasteiger partial charge in [-0.3, -0.25) is 0 Å². The van der Waals surface area contributed by atoms with Crippen molar-refractivity contribution in [3.8, 4) is 17.1 Å². The van der Waals surface area contributed by atoms with Gasteiger partial charge in [-0.2, -0.15) is 0 Å². The van der Waals surface area contributed by atoms with Gasteiger partial charge in [0.1, 0.15) is 11.6 Å². The van der Waals surface area contributed by atoms with Gasteiger partial charge in [-0.1, -0.05) is 23.8 Å². The number of nitrogens with zero attached hydrogens (tertiary/aromatic N) is 1. The molecule has 0 atom stereocenters. The number of nitrogens with one attached hydrogen (secondary N) is 1. The van der Waals surface area contributed by atoms with Crippen LogP contribution in [-0.2, 0) is 0 Å². The summed E-state index contributed by atoms with van der Waals surface area (Å²) in [6.45, 7) is 2.06. The lowest BCUT2D eigenvalue weighted by atomic mass is 10.1. The summed E-state index contributed by atoms with van der Waals surface area (Å²) in [6.07, 6.45) is 0. The molecule has 1 heterocycles. The third-order valence-electron chi connectivity index (χ3n) is 3.00. The van der Waals surface area contributed by atoms with Gasteiger partial charge < -0.3 is 9.72 Å². The van der Waals surface area contributed by atoms with Crippen molar-refractivity contribution >= 4 is 11.0 Å². The highest BCUT2D eigenvalue weighted by Gasteiger charge is 2.10. The molecule has 3 heteroatoms. The summed E-state index contributed by atoms with van der Waals surface area (Å²) in [7, 11) is 1.68. The fraction of sp³-hybridized carbons (Fsp3) is 0.133. The number of aryl methyl sites for hydroxylation is 1. The average molecular weight is 238 g/mol. The van der Waals surface area contributed by atoms with Gasteiger partial charge in [0.15, 0.2) is 0 Å². The number of benzene rings is 2. The summed E-state index contributed by atoms with van der Waals surface area (Å²) in [6, 6.07) is 14.1. The predicted molar refractivity (Wildman–Crippen MR) is 72.8 cm³/mol. The number of aromatic amines is 1. The van der Waals surface area contributed by atoms with Gasteiger partial charge >= 0.3 is 0 Å². The molecule has 18 heavy (non-hydrogen) atoms.